The van der Waals surface area contributed by atoms with Gasteiger partial charge in [-0.3, -0.25) is 9.59 Å². The second-order valence-electron chi connectivity index (χ2n) is 16.7. The first-order valence-corrected chi connectivity index (χ1v) is 22.7. The van der Waals surface area contributed by atoms with E-state index in [4.69, 9.17) is 14.2 Å². The first-order valence-electron chi connectivity index (χ1n) is 22.7. The summed E-state index contributed by atoms with van der Waals surface area (Å²) in [4.78, 5) is 36.9. The van der Waals surface area contributed by atoms with Gasteiger partial charge in [0.1, 0.15) is 6.61 Å². The average Bonchev–Trinajstić information content (AvgIpc) is 3.12. The summed E-state index contributed by atoms with van der Waals surface area (Å²) in [6.07, 6.45) is 39.6. The van der Waals surface area contributed by atoms with E-state index in [1.165, 1.54) is 135 Å². The minimum absolute atomic E-state index is 0.0495. The SMILES string of the molecule is CCCCCCCCCCC/C=C/CCCCCCCC(=O)OCC(COCCC(C(=O)O)[N+](C)(C)C)OC(=O)CCCCCCCCCCCCCC. The molecule has 0 radical (unpaired) electrons. The van der Waals surface area contributed by atoms with Gasteiger partial charge in [-0.05, 0) is 38.5 Å². The van der Waals surface area contributed by atoms with Crippen LogP contribution in [0.1, 0.15) is 213 Å². The molecule has 0 rings (SSSR count). The molecule has 0 aromatic rings. The van der Waals surface area contributed by atoms with Crippen molar-refractivity contribution in [1.29, 1.82) is 0 Å². The van der Waals surface area contributed by atoms with Gasteiger partial charge in [0.05, 0.1) is 34.4 Å². The summed E-state index contributed by atoms with van der Waals surface area (Å²) in [6.45, 7) is 4.75. The fourth-order valence-corrected chi connectivity index (χ4v) is 6.85. The highest BCUT2D eigenvalue weighted by molar-refractivity contribution is 5.72. The molecule has 0 bridgehead atoms. The van der Waals surface area contributed by atoms with Crippen molar-refractivity contribution in [3.05, 3.63) is 12.2 Å². The van der Waals surface area contributed by atoms with Gasteiger partial charge in [-0.15, -0.1) is 0 Å². The van der Waals surface area contributed by atoms with E-state index in [0.29, 0.717) is 19.3 Å². The van der Waals surface area contributed by atoms with Gasteiger partial charge in [-0.25, -0.2) is 4.79 Å². The molecule has 8 heteroatoms. The van der Waals surface area contributed by atoms with Crippen molar-refractivity contribution in [2.24, 2.45) is 0 Å². The molecule has 1 N–H and O–H groups in total. The number of carbonyl (C=O) groups is 3. The molecule has 0 aliphatic rings. The van der Waals surface area contributed by atoms with E-state index in [0.717, 1.165) is 44.9 Å². The first-order chi connectivity index (χ1) is 26.1. The van der Waals surface area contributed by atoms with Crippen LogP contribution in [-0.4, -0.2) is 80.6 Å². The van der Waals surface area contributed by atoms with Gasteiger partial charge in [0.25, 0.3) is 0 Å². The molecule has 0 saturated heterocycles. The van der Waals surface area contributed by atoms with Gasteiger partial charge < -0.3 is 23.8 Å². The Morgan fingerprint density at radius 1 is 0.537 bits per heavy atom. The lowest BCUT2D eigenvalue weighted by molar-refractivity contribution is -0.887. The van der Waals surface area contributed by atoms with Gasteiger partial charge in [-0.1, -0.05) is 167 Å². The lowest BCUT2D eigenvalue weighted by Gasteiger charge is -2.31. The molecule has 54 heavy (non-hydrogen) atoms. The Labute approximate surface area is 333 Å². The number of ether oxygens (including phenoxy) is 3. The maximum absolute atomic E-state index is 12.7. The van der Waals surface area contributed by atoms with Crippen molar-refractivity contribution in [3.63, 3.8) is 0 Å². The van der Waals surface area contributed by atoms with E-state index in [9.17, 15) is 19.5 Å². The van der Waals surface area contributed by atoms with Crippen molar-refractivity contribution in [2.75, 3.05) is 41.0 Å². The van der Waals surface area contributed by atoms with Crippen LogP contribution in [0.5, 0.6) is 0 Å². The topological polar surface area (TPSA) is 99.1 Å². The second-order valence-corrected chi connectivity index (χ2v) is 16.7. The number of esters is 2. The first kappa shape index (κ1) is 52.1. The molecule has 0 spiro atoms. The molecule has 0 heterocycles. The molecule has 2 unspecified atom stereocenters. The minimum atomic E-state index is -0.873. The van der Waals surface area contributed by atoms with Crippen LogP contribution < -0.4 is 0 Å². The van der Waals surface area contributed by atoms with Crippen LogP contribution in [0.4, 0.5) is 0 Å². The fraction of sp³-hybridized carbons (Fsp3) is 0.891. The maximum Gasteiger partial charge on any atom is 0.362 e. The quantitative estimate of drug-likeness (QED) is 0.0286. The number of carboxylic acid groups (broad SMARTS) is 1. The number of carboxylic acids is 1. The third kappa shape index (κ3) is 35.8. The Balaban J connectivity index is 4.28. The van der Waals surface area contributed by atoms with Crippen LogP contribution in [0.25, 0.3) is 0 Å². The van der Waals surface area contributed by atoms with Crippen molar-refractivity contribution in [2.45, 2.75) is 225 Å². The number of hydrogen-bond acceptors (Lipinski definition) is 6. The van der Waals surface area contributed by atoms with Crippen LogP contribution in [-0.2, 0) is 28.6 Å². The summed E-state index contributed by atoms with van der Waals surface area (Å²) in [5.74, 6) is -1.46. The van der Waals surface area contributed by atoms with Gasteiger partial charge in [0.15, 0.2) is 12.1 Å². The lowest BCUT2D eigenvalue weighted by Crippen LogP contribution is -2.50. The summed E-state index contributed by atoms with van der Waals surface area (Å²) in [7, 11) is 5.53. The fourth-order valence-electron chi connectivity index (χ4n) is 6.85. The molecule has 0 saturated carbocycles. The zero-order chi connectivity index (χ0) is 40.0. The zero-order valence-electron chi connectivity index (χ0n) is 36.2. The van der Waals surface area contributed by atoms with E-state index in [-0.39, 0.29) is 36.2 Å². The third-order valence-corrected chi connectivity index (χ3v) is 10.4. The van der Waals surface area contributed by atoms with Gasteiger partial charge in [-0.2, -0.15) is 0 Å². The maximum atomic E-state index is 12.7. The predicted octanol–water partition coefficient (Wildman–Crippen LogP) is 12.3. The van der Waals surface area contributed by atoms with Crippen molar-refractivity contribution < 1.29 is 38.2 Å². The number of likely N-dealkylation sites (N-methyl/N-ethyl adjacent to an activating group) is 1. The number of allylic oxidation sites excluding steroid dienone is 2. The van der Waals surface area contributed by atoms with E-state index < -0.39 is 18.1 Å². The Morgan fingerprint density at radius 3 is 1.33 bits per heavy atom. The van der Waals surface area contributed by atoms with E-state index >= 15 is 0 Å². The largest absolute Gasteiger partial charge is 0.477 e. The highest BCUT2D eigenvalue weighted by Crippen LogP contribution is 2.15. The summed E-state index contributed by atoms with van der Waals surface area (Å²) in [5, 5.41) is 9.61. The Bertz CT molecular complexity index is 900. The number of quaternary nitrogens is 1. The average molecular weight is 767 g/mol. The van der Waals surface area contributed by atoms with Crippen LogP contribution >= 0.6 is 0 Å². The lowest BCUT2D eigenvalue weighted by atomic mass is 10.0. The molecule has 0 amide bonds. The number of aliphatic carboxylic acids is 1. The van der Waals surface area contributed by atoms with Crippen molar-refractivity contribution in [1.82, 2.24) is 0 Å². The smallest absolute Gasteiger partial charge is 0.362 e. The predicted molar refractivity (Wildman–Crippen MR) is 225 cm³/mol. The molecular formula is C46H88NO7+. The second kappa shape index (κ2) is 38.0. The highest BCUT2D eigenvalue weighted by atomic mass is 16.6. The van der Waals surface area contributed by atoms with Gasteiger partial charge >= 0.3 is 17.9 Å². The van der Waals surface area contributed by atoms with E-state index in [2.05, 4.69) is 26.0 Å². The Kier molecular flexibility index (Phi) is 36.6. The summed E-state index contributed by atoms with van der Waals surface area (Å²) in [5.41, 5.74) is 0. The summed E-state index contributed by atoms with van der Waals surface area (Å²) < 4.78 is 17.3. The van der Waals surface area contributed by atoms with Crippen LogP contribution in [0.15, 0.2) is 12.2 Å². The van der Waals surface area contributed by atoms with Crippen LogP contribution in [0.2, 0.25) is 0 Å². The molecule has 2 atom stereocenters. The highest BCUT2D eigenvalue weighted by Gasteiger charge is 2.31. The van der Waals surface area contributed by atoms with E-state index in [1.54, 1.807) is 0 Å². The molecule has 0 fully saturated rings. The van der Waals surface area contributed by atoms with Crippen molar-refractivity contribution >= 4 is 17.9 Å². The number of hydrogen-bond donors (Lipinski definition) is 1. The third-order valence-electron chi connectivity index (χ3n) is 10.4. The summed E-state index contributed by atoms with van der Waals surface area (Å²) >= 11 is 0. The molecule has 0 aromatic heterocycles. The monoisotopic (exact) mass is 767 g/mol. The number of rotatable bonds is 41. The van der Waals surface area contributed by atoms with Crippen LogP contribution in [0.3, 0.4) is 0 Å². The van der Waals surface area contributed by atoms with Crippen molar-refractivity contribution in [3.8, 4) is 0 Å². The Hall–Kier alpha value is -1.93. The van der Waals surface area contributed by atoms with Gasteiger partial charge in [0, 0.05) is 19.3 Å². The standard InChI is InChI=1S/C46H87NO7/c1-6-8-10-12-14-16-18-20-21-22-23-24-25-27-28-30-32-34-36-44(48)53-41-42(40-52-39-38-43(46(50)51)47(3,4)5)54-45(49)37-35-33-31-29-26-19-17-15-13-11-9-7-2/h23-24,42-43H,6-22,25-41H2,1-5H3/p+1/b24-23+. The van der Waals surface area contributed by atoms with Crippen LogP contribution in [0, 0.1) is 0 Å². The molecule has 0 aliphatic carbocycles. The molecular weight excluding hydrogens is 679 g/mol. The normalized spacial score (nSPS) is 13.0. The molecule has 8 nitrogen and oxygen atoms in total. The van der Waals surface area contributed by atoms with Gasteiger partial charge in [0.2, 0.25) is 0 Å². The molecule has 0 aromatic carbocycles. The summed E-state index contributed by atoms with van der Waals surface area (Å²) in [6, 6.07) is -0.611. The number of unbranched alkanes of at least 4 members (excludes halogenated alkanes) is 25. The number of nitrogens with zero attached hydrogens (tertiary/aromatic N) is 1. The Morgan fingerprint density at radius 2 is 0.926 bits per heavy atom. The number of carbonyl (C=O) groups excluding carboxylic acids is 2. The molecule has 0 aliphatic heterocycles. The molecule has 318 valence electrons. The minimum Gasteiger partial charge on any atom is -0.477 e. The van der Waals surface area contributed by atoms with E-state index in [1.807, 2.05) is 21.1 Å². The zero-order valence-corrected chi connectivity index (χ0v) is 36.2.